The highest BCUT2D eigenvalue weighted by Gasteiger charge is 2.24. The van der Waals surface area contributed by atoms with E-state index < -0.39 is 0 Å². The van der Waals surface area contributed by atoms with Crippen LogP contribution in [0.3, 0.4) is 0 Å². The van der Waals surface area contributed by atoms with Gasteiger partial charge in [0.1, 0.15) is 0 Å². The number of para-hydroxylation sites is 1. The van der Waals surface area contributed by atoms with Gasteiger partial charge in [-0.2, -0.15) is 0 Å². The number of rotatable bonds is 3. The fourth-order valence-corrected chi connectivity index (χ4v) is 3.28. The minimum absolute atomic E-state index is 0.255. The Morgan fingerprint density at radius 2 is 2.05 bits per heavy atom. The van der Waals surface area contributed by atoms with Crippen LogP contribution in [0.15, 0.2) is 24.3 Å². The predicted molar refractivity (Wildman–Crippen MR) is 85.4 cm³/mol. The standard InChI is InChI=1S/C17H25N3O/c1-14-13-20(16-7-3-2-6-15(16)12-18-14)17(21)8-11-19-9-4-5-10-19/h2-3,6-7,14,18H,4-5,8-13H2,1H3. The van der Waals surface area contributed by atoms with Crippen LogP contribution in [-0.2, 0) is 11.3 Å². The molecule has 0 bridgehead atoms. The summed E-state index contributed by atoms with van der Waals surface area (Å²) in [6.45, 7) is 6.96. The summed E-state index contributed by atoms with van der Waals surface area (Å²) in [7, 11) is 0. The van der Waals surface area contributed by atoms with Crippen LogP contribution in [0.5, 0.6) is 0 Å². The molecule has 4 nitrogen and oxygen atoms in total. The second-order valence-electron chi connectivity index (χ2n) is 6.21. The Bertz CT molecular complexity index is 497. The first-order valence-electron chi connectivity index (χ1n) is 8.08. The van der Waals surface area contributed by atoms with Gasteiger partial charge in [0.2, 0.25) is 5.91 Å². The average Bonchev–Trinajstić information content (AvgIpc) is 2.96. The minimum Gasteiger partial charge on any atom is -0.311 e. The van der Waals surface area contributed by atoms with E-state index in [9.17, 15) is 4.79 Å². The number of hydrogen-bond donors (Lipinski definition) is 1. The first-order valence-corrected chi connectivity index (χ1v) is 8.08. The second-order valence-corrected chi connectivity index (χ2v) is 6.21. The van der Waals surface area contributed by atoms with Gasteiger partial charge >= 0.3 is 0 Å². The summed E-state index contributed by atoms with van der Waals surface area (Å²) < 4.78 is 0. The van der Waals surface area contributed by atoms with Crippen molar-refractivity contribution in [1.82, 2.24) is 10.2 Å². The van der Waals surface area contributed by atoms with Gasteiger partial charge in [-0.15, -0.1) is 0 Å². The molecule has 0 aliphatic carbocycles. The van der Waals surface area contributed by atoms with Crippen molar-refractivity contribution in [2.45, 2.75) is 38.8 Å². The topological polar surface area (TPSA) is 35.6 Å². The van der Waals surface area contributed by atoms with Crippen molar-refractivity contribution in [2.75, 3.05) is 31.1 Å². The molecule has 0 radical (unpaired) electrons. The maximum atomic E-state index is 12.7. The molecule has 1 saturated heterocycles. The largest absolute Gasteiger partial charge is 0.311 e. The number of benzene rings is 1. The van der Waals surface area contributed by atoms with Gasteiger partial charge in [0.15, 0.2) is 0 Å². The quantitative estimate of drug-likeness (QED) is 0.923. The van der Waals surface area contributed by atoms with Gasteiger partial charge in [-0.25, -0.2) is 0 Å². The summed E-state index contributed by atoms with van der Waals surface area (Å²) in [4.78, 5) is 17.1. The molecule has 1 fully saturated rings. The van der Waals surface area contributed by atoms with Crippen LogP contribution < -0.4 is 10.2 Å². The summed E-state index contributed by atoms with van der Waals surface area (Å²) in [6.07, 6.45) is 3.18. The summed E-state index contributed by atoms with van der Waals surface area (Å²) >= 11 is 0. The number of amides is 1. The summed E-state index contributed by atoms with van der Waals surface area (Å²) in [6, 6.07) is 8.58. The monoisotopic (exact) mass is 287 g/mol. The van der Waals surface area contributed by atoms with Gasteiger partial charge in [0.25, 0.3) is 0 Å². The summed E-state index contributed by atoms with van der Waals surface area (Å²) in [5, 5.41) is 3.48. The lowest BCUT2D eigenvalue weighted by Gasteiger charge is -2.25. The van der Waals surface area contributed by atoms with E-state index in [4.69, 9.17) is 0 Å². The van der Waals surface area contributed by atoms with Crippen LogP contribution in [0.25, 0.3) is 0 Å². The molecule has 3 rings (SSSR count). The van der Waals surface area contributed by atoms with Crippen molar-refractivity contribution in [3.63, 3.8) is 0 Å². The van der Waals surface area contributed by atoms with Crippen LogP contribution in [0, 0.1) is 0 Å². The first-order chi connectivity index (χ1) is 10.2. The van der Waals surface area contributed by atoms with Crippen LogP contribution in [-0.4, -0.2) is 43.0 Å². The second kappa shape index (κ2) is 6.58. The zero-order valence-corrected chi connectivity index (χ0v) is 12.8. The number of likely N-dealkylation sites (tertiary alicyclic amines) is 1. The Hall–Kier alpha value is -1.39. The molecule has 114 valence electrons. The van der Waals surface area contributed by atoms with Crippen LogP contribution in [0.1, 0.15) is 31.7 Å². The number of nitrogens with one attached hydrogen (secondary N) is 1. The average molecular weight is 287 g/mol. The molecule has 0 spiro atoms. The van der Waals surface area contributed by atoms with E-state index in [2.05, 4.69) is 29.3 Å². The molecule has 1 aromatic carbocycles. The maximum Gasteiger partial charge on any atom is 0.228 e. The summed E-state index contributed by atoms with van der Waals surface area (Å²) in [5.74, 6) is 0.255. The number of hydrogen-bond acceptors (Lipinski definition) is 3. The number of anilines is 1. The highest BCUT2D eigenvalue weighted by Crippen LogP contribution is 2.24. The van der Waals surface area contributed by atoms with Crippen LogP contribution >= 0.6 is 0 Å². The lowest BCUT2D eigenvalue weighted by Crippen LogP contribution is -2.40. The zero-order chi connectivity index (χ0) is 14.7. The lowest BCUT2D eigenvalue weighted by molar-refractivity contribution is -0.119. The third-order valence-corrected chi connectivity index (χ3v) is 4.52. The normalized spacial score (nSPS) is 22.9. The maximum absolute atomic E-state index is 12.7. The molecule has 0 aromatic heterocycles. The van der Waals surface area contributed by atoms with E-state index in [1.54, 1.807) is 0 Å². The highest BCUT2D eigenvalue weighted by atomic mass is 16.2. The lowest BCUT2D eigenvalue weighted by atomic mass is 10.1. The van der Waals surface area contributed by atoms with E-state index in [1.807, 2.05) is 17.0 Å². The van der Waals surface area contributed by atoms with Crippen molar-refractivity contribution >= 4 is 11.6 Å². The van der Waals surface area contributed by atoms with Crippen molar-refractivity contribution in [3.05, 3.63) is 29.8 Å². The van der Waals surface area contributed by atoms with E-state index >= 15 is 0 Å². The summed E-state index contributed by atoms with van der Waals surface area (Å²) in [5.41, 5.74) is 2.30. The molecule has 0 saturated carbocycles. The van der Waals surface area contributed by atoms with Gasteiger partial charge < -0.3 is 15.1 Å². The first kappa shape index (κ1) is 14.5. The predicted octanol–water partition coefficient (Wildman–Crippen LogP) is 2.00. The van der Waals surface area contributed by atoms with Crippen molar-refractivity contribution in [1.29, 1.82) is 0 Å². The molecule has 2 aliphatic heterocycles. The molecule has 1 atom stereocenters. The fourth-order valence-electron chi connectivity index (χ4n) is 3.28. The van der Waals surface area contributed by atoms with Crippen molar-refractivity contribution in [3.8, 4) is 0 Å². The third kappa shape index (κ3) is 3.44. The third-order valence-electron chi connectivity index (χ3n) is 4.52. The minimum atomic E-state index is 0.255. The molecule has 4 heteroatoms. The molecule has 2 aliphatic rings. The molecule has 1 amide bonds. The van der Waals surface area contributed by atoms with Crippen molar-refractivity contribution < 1.29 is 4.79 Å². The Balaban J connectivity index is 1.70. The highest BCUT2D eigenvalue weighted by molar-refractivity contribution is 5.94. The Kier molecular flexibility index (Phi) is 4.56. The van der Waals surface area contributed by atoms with E-state index in [1.165, 1.54) is 18.4 Å². The van der Waals surface area contributed by atoms with Gasteiger partial charge in [0, 0.05) is 37.8 Å². The Morgan fingerprint density at radius 3 is 2.86 bits per heavy atom. The number of nitrogens with zero attached hydrogens (tertiary/aromatic N) is 2. The van der Waals surface area contributed by atoms with Crippen molar-refractivity contribution in [2.24, 2.45) is 0 Å². The SMILES string of the molecule is CC1CN(C(=O)CCN2CCCC2)c2ccccc2CN1. The Morgan fingerprint density at radius 1 is 1.29 bits per heavy atom. The zero-order valence-electron chi connectivity index (χ0n) is 12.8. The van der Waals surface area contributed by atoms with Gasteiger partial charge in [-0.05, 0) is 44.5 Å². The van der Waals surface area contributed by atoms with Gasteiger partial charge in [-0.3, -0.25) is 4.79 Å². The van der Waals surface area contributed by atoms with E-state index in [-0.39, 0.29) is 5.91 Å². The van der Waals surface area contributed by atoms with Gasteiger partial charge in [-0.1, -0.05) is 18.2 Å². The number of carbonyl (C=O) groups is 1. The molecule has 1 unspecified atom stereocenters. The molecule has 21 heavy (non-hydrogen) atoms. The molecular formula is C17H25N3O. The van der Waals surface area contributed by atoms with E-state index in [0.29, 0.717) is 12.5 Å². The molecule has 1 N–H and O–H groups in total. The fraction of sp³-hybridized carbons (Fsp3) is 0.588. The van der Waals surface area contributed by atoms with E-state index in [0.717, 1.165) is 38.4 Å². The molecule has 2 heterocycles. The van der Waals surface area contributed by atoms with Crippen LogP contribution in [0.2, 0.25) is 0 Å². The molecular weight excluding hydrogens is 262 g/mol. The number of fused-ring (bicyclic) bond motifs is 1. The molecule has 1 aromatic rings. The smallest absolute Gasteiger partial charge is 0.228 e. The number of carbonyl (C=O) groups excluding carboxylic acids is 1. The van der Waals surface area contributed by atoms with Gasteiger partial charge in [0.05, 0.1) is 0 Å². The van der Waals surface area contributed by atoms with Crippen LogP contribution in [0.4, 0.5) is 5.69 Å². The Labute approximate surface area is 127 Å².